The Bertz CT molecular complexity index is 1230. The number of aryl methyl sites for hydroxylation is 2. The van der Waals surface area contributed by atoms with E-state index in [1.54, 1.807) is 16.5 Å². The van der Waals surface area contributed by atoms with Gasteiger partial charge in [0.15, 0.2) is 0 Å². The molecule has 1 aromatic heterocycles. The first-order valence-electron chi connectivity index (χ1n) is 13.7. The van der Waals surface area contributed by atoms with Crippen molar-refractivity contribution >= 4 is 28.9 Å². The number of piperidine rings is 2. The van der Waals surface area contributed by atoms with Crippen LogP contribution < -0.4 is 11.0 Å². The van der Waals surface area contributed by atoms with Gasteiger partial charge in [0.1, 0.15) is 11.6 Å². The van der Waals surface area contributed by atoms with Crippen molar-refractivity contribution in [3.63, 3.8) is 0 Å². The molecular weight excluding hydrogens is 488 g/mol. The maximum atomic E-state index is 12.9. The molecule has 1 atom stereocenters. The number of hydrogen-bond donors (Lipinski definition) is 1. The maximum Gasteiger partial charge on any atom is 0.410 e. The summed E-state index contributed by atoms with van der Waals surface area (Å²) in [6.45, 7) is 7.66. The first-order chi connectivity index (χ1) is 18.0. The first-order valence-corrected chi connectivity index (χ1v) is 13.7. The van der Waals surface area contributed by atoms with Crippen LogP contribution in [0, 0.1) is 0 Å². The summed E-state index contributed by atoms with van der Waals surface area (Å²) in [5.74, 6) is -0.716. The number of amides is 3. The van der Waals surface area contributed by atoms with Crippen LogP contribution in [-0.2, 0) is 32.5 Å². The van der Waals surface area contributed by atoms with Crippen LogP contribution in [0.3, 0.4) is 0 Å². The molecule has 1 unspecified atom stereocenters. The quantitative estimate of drug-likeness (QED) is 0.415. The Morgan fingerprint density at radius 1 is 1.03 bits per heavy atom. The van der Waals surface area contributed by atoms with Gasteiger partial charge >= 0.3 is 11.8 Å². The summed E-state index contributed by atoms with van der Waals surface area (Å²) in [4.78, 5) is 50.7. The molecule has 4 rings (SSSR count). The smallest absolute Gasteiger partial charge is 0.410 e. The van der Waals surface area contributed by atoms with E-state index in [0.29, 0.717) is 31.6 Å². The molecule has 1 N–H and O–H groups in total. The summed E-state index contributed by atoms with van der Waals surface area (Å²) in [5.41, 5.74) is 1.91. The number of benzene rings is 1. The van der Waals surface area contributed by atoms with Gasteiger partial charge in [-0.15, -0.1) is 0 Å². The first kappa shape index (κ1) is 27.9. The fraction of sp³-hybridized carbons (Fsp3) is 0.643. The number of carbonyl (C=O) groups is 3. The molecule has 2 aromatic rings. The van der Waals surface area contributed by atoms with E-state index in [9.17, 15) is 19.2 Å². The zero-order valence-electron chi connectivity index (χ0n) is 23.0. The van der Waals surface area contributed by atoms with Crippen LogP contribution in [-0.4, -0.2) is 63.3 Å². The molecule has 38 heavy (non-hydrogen) atoms. The number of imide groups is 1. The second-order valence-corrected chi connectivity index (χ2v) is 11.3. The van der Waals surface area contributed by atoms with Crippen molar-refractivity contribution in [2.24, 2.45) is 7.05 Å². The van der Waals surface area contributed by atoms with Gasteiger partial charge < -0.3 is 14.4 Å². The summed E-state index contributed by atoms with van der Waals surface area (Å²) in [6.07, 6.45) is 6.06. The van der Waals surface area contributed by atoms with Gasteiger partial charge in [0.2, 0.25) is 11.8 Å². The van der Waals surface area contributed by atoms with E-state index in [2.05, 4.69) is 5.32 Å². The van der Waals surface area contributed by atoms with Crippen LogP contribution in [0.4, 0.5) is 4.79 Å². The zero-order valence-corrected chi connectivity index (χ0v) is 23.0. The number of nitrogens with zero attached hydrogens (tertiary/aromatic N) is 3. The third-order valence-corrected chi connectivity index (χ3v) is 7.23. The fourth-order valence-electron chi connectivity index (χ4n) is 5.18. The number of likely N-dealkylation sites (tertiary alicyclic amines) is 1. The summed E-state index contributed by atoms with van der Waals surface area (Å²) < 4.78 is 14.6. The topological polar surface area (TPSA) is 112 Å². The minimum Gasteiger partial charge on any atom is -0.444 e. The molecule has 1 aromatic carbocycles. The summed E-state index contributed by atoms with van der Waals surface area (Å²) in [7, 11) is 1.71. The van der Waals surface area contributed by atoms with Gasteiger partial charge in [-0.05, 0) is 77.0 Å². The van der Waals surface area contributed by atoms with Crippen molar-refractivity contribution in [2.75, 3.05) is 19.7 Å². The number of rotatable bonds is 8. The highest BCUT2D eigenvalue weighted by Gasteiger charge is 2.31. The molecule has 10 heteroatoms. The van der Waals surface area contributed by atoms with Crippen molar-refractivity contribution < 1.29 is 23.9 Å². The van der Waals surface area contributed by atoms with Crippen LogP contribution >= 0.6 is 0 Å². The molecule has 0 radical (unpaired) electrons. The van der Waals surface area contributed by atoms with E-state index in [1.165, 1.54) is 4.57 Å². The Morgan fingerprint density at radius 3 is 2.45 bits per heavy atom. The number of carbonyl (C=O) groups excluding carboxylic acids is 3. The standard InChI is InChI=1S/C28H40N4O6/c1-28(2,3)38-27(36)31-15-13-20(14-16-31)37-17-7-5-6-8-19-9-10-21-23(18-19)30(4)26(35)32(21)22-11-12-24(33)29-25(22)34/h9-10,18,20,22H,5-8,11-17H2,1-4H3,(H,29,33,34). The second-order valence-electron chi connectivity index (χ2n) is 11.3. The van der Waals surface area contributed by atoms with Gasteiger partial charge in [-0.25, -0.2) is 9.59 Å². The molecule has 0 aliphatic carbocycles. The lowest BCUT2D eigenvalue weighted by atomic mass is 10.0. The van der Waals surface area contributed by atoms with E-state index in [-0.39, 0.29) is 30.2 Å². The van der Waals surface area contributed by atoms with Crippen molar-refractivity contribution in [2.45, 2.75) is 89.9 Å². The highest BCUT2D eigenvalue weighted by molar-refractivity contribution is 6.00. The van der Waals surface area contributed by atoms with Crippen molar-refractivity contribution in [1.82, 2.24) is 19.4 Å². The van der Waals surface area contributed by atoms with Crippen molar-refractivity contribution in [3.05, 3.63) is 34.2 Å². The average Bonchev–Trinajstić information content (AvgIpc) is 3.10. The third kappa shape index (κ3) is 6.64. The van der Waals surface area contributed by atoms with Gasteiger partial charge in [-0.1, -0.05) is 12.5 Å². The molecule has 3 amide bonds. The molecule has 2 aliphatic heterocycles. The number of ether oxygens (including phenoxy) is 2. The van der Waals surface area contributed by atoms with Gasteiger partial charge in [0.05, 0.1) is 17.1 Å². The van der Waals surface area contributed by atoms with Crippen molar-refractivity contribution in [3.8, 4) is 0 Å². The third-order valence-electron chi connectivity index (χ3n) is 7.23. The predicted molar refractivity (Wildman–Crippen MR) is 143 cm³/mol. The largest absolute Gasteiger partial charge is 0.444 e. The lowest BCUT2D eigenvalue weighted by Gasteiger charge is -2.33. The van der Waals surface area contributed by atoms with Crippen LogP contribution in [0.1, 0.15) is 77.3 Å². The Hall–Kier alpha value is -3.14. The SMILES string of the molecule is Cn1c(=O)n(C2CCC(=O)NC2=O)c2ccc(CCCCCOC3CCN(C(=O)OC(C)(C)C)CC3)cc21. The normalized spacial score (nSPS) is 19.2. The number of nitrogens with one attached hydrogen (secondary N) is 1. The van der Waals surface area contributed by atoms with Crippen LogP contribution in [0.25, 0.3) is 11.0 Å². The van der Waals surface area contributed by atoms with Crippen molar-refractivity contribution in [1.29, 1.82) is 0 Å². The molecule has 0 saturated carbocycles. The molecule has 0 bridgehead atoms. The minimum atomic E-state index is -0.667. The zero-order chi connectivity index (χ0) is 27.4. The van der Waals surface area contributed by atoms with E-state index in [1.807, 2.05) is 39.0 Å². The summed E-state index contributed by atoms with van der Waals surface area (Å²) in [5, 5.41) is 2.34. The Labute approximate surface area is 223 Å². The molecular formula is C28H40N4O6. The van der Waals surface area contributed by atoms with Gasteiger partial charge in [0.25, 0.3) is 0 Å². The van der Waals surface area contributed by atoms with Gasteiger partial charge in [-0.3, -0.25) is 24.0 Å². The number of aromatic nitrogens is 2. The monoisotopic (exact) mass is 528 g/mol. The van der Waals surface area contributed by atoms with E-state index >= 15 is 0 Å². The van der Waals surface area contributed by atoms with E-state index in [4.69, 9.17) is 9.47 Å². The van der Waals surface area contributed by atoms with E-state index in [0.717, 1.165) is 49.6 Å². The Balaban J connectivity index is 1.21. The lowest BCUT2D eigenvalue weighted by molar-refractivity contribution is -0.135. The highest BCUT2D eigenvalue weighted by Crippen LogP contribution is 2.24. The Kier molecular flexibility index (Phi) is 8.60. The number of imidazole rings is 1. The number of hydrogen-bond acceptors (Lipinski definition) is 6. The summed E-state index contributed by atoms with van der Waals surface area (Å²) >= 11 is 0. The molecule has 2 fully saturated rings. The molecule has 2 saturated heterocycles. The molecule has 3 heterocycles. The predicted octanol–water partition coefficient (Wildman–Crippen LogP) is 3.45. The number of fused-ring (bicyclic) bond motifs is 1. The average molecular weight is 529 g/mol. The highest BCUT2D eigenvalue weighted by atomic mass is 16.6. The van der Waals surface area contributed by atoms with E-state index < -0.39 is 17.6 Å². The fourth-order valence-corrected chi connectivity index (χ4v) is 5.18. The maximum absolute atomic E-state index is 12.9. The van der Waals surface area contributed by atoms with Crippen LogP contribution in [0.2, 0.25) is 0 Å². The van der Waals surface area contributed by atoms with Crippen LogP contribution in [0.15, 0.2) is 23.0 Å². The van der Waals surface area contributed by atoms with Gasteiger partial charge in [-0.2, -0.15) is 0 Å². The lowest BCUT2D eigenvalue weighted by Crippen LogP contribution is -2.44. The minimum absolute atomic E-state index is 0.186. The molecule has 10 nitrogen and oxygen atoms in total. The van der Waals surface area contributed by atoms with Gasteiger partial charge in [0, 0.05) is 33.2 Å². The second kappa shape index (κ2) is 11.7. The molecule has 0 spiro atoms. The summed E-state index contributed by atoms with van der Waals surface area (Å²) in [6, 6.07) is 5.27. The van der Waals surface area contributed by atoms with Crippen LogP contribution in [0.5, 0.6) is 0 Å². The number of unbranched alkanes of at least 4 members (excludes halogenated alkanes) is 2. The molecule has 208 valence electrons. The Morgan fingerprint density at radius 2 is 1.76 bits per heavy atom. The molecule has 2 aliphatic rings.